The highest BCUT2D eigenvalue weighted by Gasteiger charge is 2.25. The molecule has 2 aliphatic heterocycles. The molecule has 0 unspecified atom stereocenters. The van der Waals surface area contributed by atoms with Gasteiger partial charge in [0.1, 0.15) is 0 Å². The van der Waals surface area contributed by atoms with Gasteiger partial charge >= 0.3 is 0 Å². The molecular formula is C19H24N4O4. The van der Waals surface area contributed by atoms with E-state index >= 15 is 0 Å². The van der Waals surface area contributed by atoms with E-state index in [1.807, 2.05) is 13.1 Å². The molecule has 0 bridgehead atoms. The lowest BCUT2D eigenvalue weighted by Gasteiger charge is -2.33. The van der Waals surface area contributed by atoms with E-state index in [0.29, 0.717) is 32.3 Å². The molecule has 4 heterocycles. The first-order chi connectivity index (χ1) is 13.2. The van der Waals surface area contributed by atoms with Gasteiger partial charge in [-0.3, -0.25) is 4.79 Å². The average Bonchev–Trinajstić information content (AvgIpc) is 3.17. The zero-order valence-electron chi connectivity index (χ0n) is 15.4. The van der Waals surface area contributed by atoms with Crippen molar-refractivity contribution < 1.29 is 18.7 Å². The maximum Gasteiger partial charge on any atom is 0.287 e. The number of carbonyl (C=O) groups is 1. The fraction of sp³-hybridized carbons (Fsp3) is 0.526. The Morgan fingerprint density at radius 2 is 2.37 bits per heavy atom. The number of ether oxygens (including phenoxy) is 2. The van der Waals surface area contributed by atoms with E-state index in [0.717, 1.165) is 43.0 Å². The molecular weight excluding hydrogens is 348 g/mol. The number of piperidine rings is 1. The lowest BCUT2D eigenvalue weighted by atomic mass is 10.1. The summed E-state index contributed by atoms with van der Waals surface area (Å²) < 4.78 is 16.1. The zero-order chi connectivity index (χ0) is 18.6. The van der Waals surface area contributed by atoms with Gasteiger partial charge in [0.15, 0.2) is 5.76 Å². The highest BCUT2D eigenvalue weighted by Crippen LogP contribution is 2.21. The molecule has 1 fully saturated rings. The first-order valence-electron chi connectivity index (χ1n) is 9.44. The van der Waals surface area contributed by atoms with Crippen LogP contribution in [0, 0.1) is 0 Å². The van der Waals surface area contributed by atoms with Gasteiger partial charge in [0.05, 0.1) is 25.5 Å². The number of nitrogens with one attached hydrogen (secondary N) is 1. The van der Waals surface area contributed by atoms with E-state index < -0.39 is 0 Å². The van der Waals surface area contributed by atoms with Crippen molar-refractivity contribution in [3.05, 3.63) is 35.3 Å². The van der Waals surface area contributed by atoms with E-state index in [2.05, 4.69) is 15.2 Å². The molecule has 1 saturated heterocycles. The summed E-state index contributed by atoms with van der Waals surface area (Å²) in [5, 5.41) is 3.05. The number of hydrogen-bond acceptors (Lipinski definition) is 7. The van der Waals surface area contributed by atoms with Gasteiger partial charge in [-0.05, 0) is 25.8 Å². The van der Waals surface area contributed by atoms with E-state index in [1.54, 1.807) is 12.1 Å². The molecule has 1 amide bonds. The third-order valence-corrected chi connectivity index (χ3v) is 4.81. The van der Waals surface area contributed by atoms with Gasteiger partial charge in [-0.15, -0.1) is 0 Å². The third-order valence-electron chi connectivity index (χ3n) is 4.81. The minimum atomic E-state index is -0.226. The topological polar surface area (TPSA) is 89.7 Å². The predicted molar refractivity (Wildman–Crippen MR) is 98.0 cm³/mol. The molecule has 2 aromatic rings. The summed E-state index contributed by atoms with van der Waals surface area (Å²) in [7, 11) is 0. The van der Waals surface area contributed by atoms with Gasteiger partial charge in [-0.1, -0.05) is 0 Å². The SMILES string of the molecule is CCOc1ccc(C(=O)N[C@@H]2CCCN(c3ncc4c(n3)CCOC4)C2)o1. The molecule has 4 rings (SSSR count). The van der Waals surface area contributed by atoms with Crippen LogP contribution in [0.4, 0.5) is 5.95 Å². The molecule has 144 valence electrons. The van der Waals surface area contributed by atoms with Gasteiger partial charge in [0, 0.05) is 43.4 Å². The summed E-state index contributed by atoms with van der Waals surface area (Å²) in [4.78, 5) is 23.8. The van der Waals surface area contributed by atoms with Gasteiger partial charge in [0.25, 0.3) is 11.9 Å². The summed E-state index contributed by atoms with van der Waals surface area (Å²) in [5.41, 5.74) is 2.13. The number of furan rings is 1. The van der Waals surface area contributed by atoms with Crippen LogP contribution >= 0.6 is 0 Å². The van der Waals surface area contributed by atoms with E-state index in [-0.39, 0.29) is 17.7 Å². The Hall–Kier alpha value is -2.61. The molecule has 0 spiro atoms. The number of fused-ring (bicyclic) bond motifs is 1. The first kappa shape index (κ1) is 17.8. The largest absolute Gasteiger partial charge is 0.465 e. The lowest BCUT2D eigenvalue weighted by molar-refractivity contribution is 0.0896. The Labute approximate surface area is 157 Å². The van der Waals surface area contributed by atoms with Crippen LogP contribution in [-0.4, -0.2) is 48.2 Å². The second kappa shape index (κ2) is 7.96. The van der Waals surface area contributed by atoms with Crippen molar-refractivity contribution in [2.45, 2.75) is 38.8 Å². The quantitative estimate of drug-likeness (QED) is 0.858. The van der Waals surface area contributed by atoms with Crippen molar-refractivity contribution in [3.8, 4) is 5.95 Å². The number of amides is 1. The monoisotopic (exact) mass is 372 g/mol. The molecule has 1 N–H and O–H groups in total. The van der Waals surface area contributed by atoms with Crippen LogP contribution in [0.3, 0.4) is 0 Å². The third kappa shape index (κ3) is 4.05. The zero-order valence-corrected chi connectivity index (χ0v) is 15.4. The Morgan fingerprint density at radius 1 is 1.44 bits per heavy atom. The fourth-order valence-electron chi connectivity index (χ4n) is 3.47. The average molecular weight is 372 g/mol. The summed E-state index contributed by atoms with van der Waals surface area (Å²) in [5.74, 6) is 1.13. The van der Waals surface area contributed by atoms with Gasteiger partial charge in [0.2, 0.25) is 5.95 Å². The molecule has 27 heavy (non-hydrogen) atoms. The molecule has 2 aromatic heterocycles. The number of rotatable bonds is 5. The highest BCUT2D eigenvalue weighted by atomic mass is 16.6. The van der Waals surface area contributed by atoms with Crippen molar-refractivity contribution in [2.75, 3.05) is 31.2 Å². The molecule has 0 aliphatic carbocycles. The minimum absolute atomic E-state index is 0.0230. The minimum Gasteiger partial charge on any atom is -0.465 e. The fourth-order valence-corrected chi connectivity index (χ4v) is 3.47. The maximum absolute atomic E-state index is 12.4. The van der Waals surface area contributed by atoms with E-state index in [1.165, 1.54) is 0 Å². The Bertz CT molecular complexity index is 807. The summed E-state index contributed by atoms with van der Waals surface area (Å²) in [6, 6.07) is 3.32. The molecule has 0 saturated carbocycles. The Balaban J connectivity index is 1.39. The van der Waals surface area contributed by atoms with Crippen LogP contribution in [0.15, 0.2) is 22.7 Å². The maximum atomic E-state index is 12.4. The van der Waals surface area contributed by atoms with Gasteiger partial charge < -0.3 is 24.1 Å². The molecule has 8 nitrogen and oxygen atoms in total. The van der Waals surface area contributed by atoms with Crippen molar-refractivity contribution in [3.63, 3.8) is 0 Å². The van der Waals surface area contributed by atoms with Crippen LogP contribution < -0.4 is 15.0 Å². The van der Waals surface area contributed by atoms with Crippen molar-refractivity contribution in [1.82, 2.24) is 15.3 Å². The Morgan fingerprint density at radius 3 is 3.26 bits per heavy atom. The van der Waals surface area contributed by atoms with Crippen molar-refractivity contribution >= 4 is 11.9 Å². The highest BCUT2D eigenvalue weighted by molar-refractivity contribution is 5.91. The number of aromatic nitrogens is 2. The number of carbonyl (C=O) groups excluding carboxylic acids is 1. The van der Waals surface area contributed by atoms with Crippen LogP contribution in [-0.2, 0) is 17.8 Å². The standard InChI is InChI=1S/C19H24N4O4/c1-2-26-17-6-5-16(27-17)18(24)21-14-4-3-8-23(11-14)19-20-10-13-12-25-9-7-15(13)22-19/h5-6,10,14H,2-4,7-9,11-12H2,1H3,(H,21,24)/t14-/m1/s1. The summed E-state index contributed by atoms with van der Waals surface area (Å²) >= 11 is 0. The summed E-state index contributed by atoms with van der Waals surface area (Å²) in [6.45, 7) is 5.22. The summed E-state index contributed by atoms with van der Waals surface area (Å²) in [6.07, 6.45) is 4.56. The van der Waals surface area contributed by atoms with Crippen LogP contribution in [0.2, 0.25) is 0 Å². The van der Waals surface area contributed by atoms with Crippen molar-refractivity contribution in [2.24, 2.45) is 0 Å². The second-order valence-electron chi connectivity index (χ2n) is 6.75. The number of hydrogen-bond donors (Lipinski definition) is 1. The smallest absolute Gasteiger partial charge is 0.287 e. The van der Waals surface area contributed by atoms with Gasteiger partial charge in [-0.2, -0.15) is 0 Å². The molecule has 8 heteroatoms. The van der Waals surface area contributed by atoms with Crippen LogP contribution in [0.25, 0.3) is 0 Å². The predicted octanol–water partition coefficient (Wildman–Crippen LogP) is 1.94. The lowest BCUT2D eigenvalue weighted by Crippen LogP contribution is -2.48. The molecule has 1 atom stereocenters. The normalized spacial score (nSPS) is 19.4. The Kier molecular flexibility index (Phi) is 5.24. The van der Waals surface area contributed by atoms with Crippen LogP contribution in [0.1, 0.15) is 41.6 Å². The van der Waals surface area contributed by atoms with Crippen molar-refractivity contribution in [1.29, 1.82) is 0 Å². The first-order valence-corrected chi connectivity index (χ1v) is 9.44. The van der Waals surface area contributed by atoms with Gasteiger partial charge in [-0.25, -0.2) is 9.97 Å². The van der Waals surface area contributed by atoms with Crippen LogP contribution in [0.5, 0.6) is 5.95 Å². The molecule has 0 aromatic carbocycles. The van der Waals surface area contributed by atoms with E-state index in [4.69, 9.17) is 18.9 Å². The second-order valence-corrected chi connectivity index (χ2v) is 6.75. The number of nitrogens with zero attached hydrogens (tertiary/aromatic N) is 3. The molecule has 2 aliphatic rings. The number of anilines is 1. The van der Waals surface area contributed by atoms with E-state index in [9.17, 15) is 4.79 Å². The molecule has 0 radical (unpaired) electrons.